The number of carbonyl (C=O) groups is 3. The smallest absolute Gasteiger partial charge is 0.386 e. The molecule has 2 amide bonds. The number of phosphoric ester groups is 3. The Morgan fingerprint density at radius 1 is 0.845 bits per heavy atom. The van der Waals surface area contributed by atoms with Crippen LogP contribution in [0.15, 0.2) is 12.7 Å². The lowest BCUT2D eigenvalue weighted by Gasteiger charge is -2.30. The van der Waals surface area contributed by atoms with Crippen LogP contribution >= 0.6 is 35.2 Å². The van der Waals surface area contributed by atoms with E-state index in [0.29, 0.717) is 12.2 Å². The van der Waals surface area contributed by atoms with Crippen molar-refractivity contribution in [3.05, 3.63) is 12.7 Å². The quantitative estimate of drug-likeness (QED) is 0.0261. The maximum absolute atomic E-state index is 12.8. The van der Waals surface area contributed by atoms with Crippen molar-refractivity contribution in [1.29, 1.82) is 0 Å². The molecule has 10 N–H and O–H groups in total. The molecular weight excluding hydrogens is 1010 g/mol. The fraction of sp³-hybridized carbons (Fsp3) is 0.814. The predicted octanol–water partition coefficient (Wildman–Crippen LogP) is 6.34. The lowest BCUT2D eigenvalue weighted by Crippen LogP contribution is -2.46. The van der Waals surface area contributed by atoms with E-state index < -0.39 is 84.6 Å². The van der Waals surface area contributed by atoms with E-state index in [9.17, 15) is 57.9 Å². The lowest BCUT2D eigenvalue weighted by molar-refractivity contribution is -0.137. The Morgan fingerprint density at radius 3 is 2.06 bits per heavy atom. The molecule has 8 atom stereocenters. The first-order valence-electron chi connectivity index (χ1n) is 24.5. The van der Waals surface area contributed by atoms with Gasteiger partial charge in [-0.1, -0.05) is 142 Å². The first kappa shape index (κ1) is 62.9. The Kier molecular flexibility index (Phi) is 27.8. The molecule has 1 aliphatic heterocycles. The third-order valence-corrected chi connectivity index (χ3v) is 15.9. The summed E-state index contributed by atoms with van der Waals surface area (Å²) in [5.41, 5.74) is 4.29. The van der Waals surface area contributed by atoms with Gasteiger partial charge < -0.3 is 50.9 Å². The maximum Gasteiger partial charge on any atom is 0.481 e. The van der Waals surface area contributed by atoms with E-state index >= 15 is 0 Å². The van der Waals surface area contributed by atoms with Crippen molar-refractivity contribution in [2.24, 2.45) is 11.3 Å². The molecule has 0 radical (unpaired) electrons. The van der Waals surface area contributed by atoms with Crippen molar-refractivity contribution >= 4 is 69.1 Å². The van der Waals surface area contributed by atoms with Crippen LogP contribution in [0.5, 0.6) is 0 Å². The Morgan fingerprint density at radius 2 is 1.44 bits per heavy atom. The van der Waals surface area contributed by atoms with Gasteiger partial charge in [-0.05, 0) is 12.3 Å². The minimum atomic E-state index is -5.58. The molecule has 71 heavy (non-hydrogen) atoms. The molecule has 8 unspecified atom stereocenters. The number of nitrogens with zero attached hydrogens (tertiary/aromatic N) is 4. The number of nitrogens with two attached hydrogens (primary N) is 1. The van der Waals surface area contributed by atoms with Crippen molar-refractivity contribution in [1.82, 2.24) is 30.2 Å². The van der Waals surface area contributed by atoms with Crippen molar-refractivity contribution in [3.63, 3.8) is 0 Å². The van der Waals surface area contributed by atoms with Gasteiger partial charge in [0.15, 0.2) is 22.8 Å². The van der Waals surface area contributed by atoms with Crippen molar-refractivity contribution in [2.75, 3.05) is 37.8 Å². The monoisotopic (exact) mass is 1090 g/mol. The Bertz CT molecular complexity index is 2080. The van der Waals surface area contributed by atoms with Gasteiger partial charge in [0, 0.05) is 37.1 Å². The number of aromatic nitrogens is 4. The zero-order valence-electron chi connectivity index (χ0n) is 41.4. The number of rotatable bonds is 38. The highest BCUT2D eigenvalue weighted by molar-refractivity contribution is 8.13. The zero-order chi connectivity index (χ0) is 52.7. The summed E-state index contributed by atoms with van der Waals surface area (Å²) in [6.45, 7) is 5.22. The average Bonchev–Trinajstić information content (AvgIpc) is 3.86. The second kappa shape index (κ2) is 31.4. The number of imidazole rings is 1. The maximum atomic E-state index is 12.8. The lowest BCUT2D eigenvalue weighted by atomic mass is 9.87. The summed E-state index contributed by atoms with van der Waals surface area (Å²) in [7, 11) is -16.4. The summed E-state index contributed by atoms with van der Waals surface area (Å²) in [5.74, 6) is -0.209. The van der Waals surface area contributed by atoms with Gasteiger partial charge in [-0.25, -0.2) is 28.6 Å². The molecular formula is C43H78N7O17P3S. The number of amides is 2. The molecule has 0 spiro atoms. The molecule has 2 aromatic rings. The van der Waals surface area contributed by atoms with E-state index in [0.717, 1.165) is 54.2 Å². The Labute approximate surface area is 420 Å². The van der Waals surface area contributed by atoms with Gasteiger partial charge in [0.1, 0.15) is 36.3 Å². The third kappa shape index (κ3) is 24.2. The van der Waals surface area contributed by atoms with Crippen molar-refractivity contribution in [3.8, 4) is 0 Å². The first-order valence-corrected chi connectivity index (χ1v) is 30.0. The second-order valence-electron chi connectivity index (χ2n) is 18.7. The normalized spacial score (nSPS) is 20.1. The minimum Gasteiger partial charge on any atom is -0.386 e. The van der Waals surface area contributed by atoms with Crippen LogP contribution in [0.25, 0.3) is 11.2 Å². The summed E-state index contributed by atoms with van der Waals surface area (Å²) in [4.78, 5) is 88.6. The summed E-state index contributed by atoms with van der Waals surface area (Å²) < 4.78 is 62.5. The molecule has 24 nitrogen and oxygen atoms in total. The van der Waals surface area contributed by atoms with Crippen LogP contribution in [-0.4, -0.2) is 123 Å². The van der Waals surface area contributed by atoms with Gasteiger partial charge in [0.05, 0.1) is 19.5 Å². The molecule has 3 heterocycles. The van der Waals surface area contributed by atoms with Gasteiger partial charge in [-0.3, -0.25) is 32.5 Å². The number of fused-ring (bicyclic) bond motifs is 1. The number of ether oxygens (including phenoxy) is 1. The molecule has 2 aromatic heterocycles. The Balaban J connectivity index is 1.26. The topological polar surface area (TPSA) is 364 Å². The number of aliphatic hydroxyl groups excluding tert-OH is 2. The van der Waals surface area contributed by atoms with Crippen LogP contribution in [0, 0.1) is 11.3 Å². The van der Waals surface area contributed by atoms with Gasteiger partial charge >= 0.3 is 23.5 Å². The van der Waals surface area contributed by atoms with E-state index in [2.05, 4.69) is 48.3 Å². The number of phosphoric acid groups is 3. The Hall–Kier alpha value is -2.44. The van der Waals surface area contributed by atoms with E-state index in [1.807, 2.05) is 0 Å². The molecule has 28 heteroatoms. The predicted molar refractivity (Wildman–Crippen MR) is 265 cm³/mol. The van der Waals surface area contributed by atoms with Crippen molar-refractivity contribution in [2.45, 2.75) is 180 Å². The standard InChI is InChI=1S/C43H78N7O17P3S/c1-5-6-7-8-9-11-14-17-20-31(2)21-18-15-12-10-13-16-19-22-34(52)71-26-25-45-33(51)23-24-46-41(55)38(54)43(3,4)28-64-70(61,62)67-69(59,60)63-27-32-37(66-68(56,57)58)36(53)42(65-32)50-30-49-35-39(44)47-29-48-40(35)50/h29-32,36-38,42,53-54H,5-28H2,1-4H3,(H,45,51)(H,46,55)(H,59,60)(H,61,62)(H2,44,47,48)(H2,56,57,58). The van der Waals surface area contributed by atoms with E-state index in [1.54, 1.807) is 0 Å². The van der Waals surface area contributed by atoms with Gasteiger partial charge in [0.2, 0.25) is 11.8 Å². The molecule has 0 saturated carbocycles. The van der Waals surface area contributed by atoms with Crippen LogP contribution in [0.1, 0.15) is 156 Å². The molecule has 0 bridgehead atoms. The summed E-state index contributed by atoms with van der Waals surface area (Å²) >= 11 is 1.16. The highest BCUT2D eigenvalue weighted by Gasteiger charge is 2.50. The number of nitrogens with one attached hydrogen (secondary N) is 2. The van der Waals surface area contributed by atoms with E-state index in [1.165, 1.54) is 104 Å². The van der Waals surface area contributed by atoms with Crippen LogP contribution in [0.4, 0.5) is 5.82 Å². The first-order chi connectivity index (χ1) is 33.4. The number of hydrogen-bond donors (Lipinski definition) is 9. The van der Waals surface area contributed by atoms with Crippen LogP contribution in [0.2, 0.25) is 0 Å². The summed E-state index contributed by atoms with van der Waals surface area (Å²) in [6.07, 6.45) is 15.1. The van der Waals surface area contributed by atoms with Crippen LogP contribution in [-0.2, 0) is 50.7 Å². The number of thioether (sulfide) groups is 1. The van der Waals surface area contributed by atoms with Crippen LogP contribution in [0.3, 0.4) is 0 Å². The average molecular weight is 1090 g/mol. The molecule has 0 aromatic carbocycles. The zero-order valence-corrected chi connectivity index (χ0v) is 44.9. The van der Waals surface area contributed by atoms with Crippen LogP contribution < -0.4 is 16.4 Å². The number of nitrogen functional groups attached to an aromatic ring is 1. The molecule has 1 saturated heterocycles. The van der Waals surface area contributed by atoms with E-state index in [-0.39, 0.29) is 41.6 Å². The molecule has 0 aliphatic carbocycles. The molecule has 1 aliphatic rings. The summed E-state index contributed by atoms with van der Waals surface area (Å²) in [5, 5.41) is 26.7. The van der Waals surface area contributed by atoms with Crippen molar-refractivity contribution < 1.29 is 80.5 Å². The second-order valence-corrected chi connectivity index (χ2v) is 24.1. The fourth-order valence-electron chi connectivity index (χ4n) is 7.78. The molecule has 3 rings (SSSR count). The number of aliphatic hydroxyl groups is 2. The van der Waals surface area contributed by atoms with E-state index in [4.69, 9.17) is 19.5 Å². The van der Waals surface area contributed by atoms with Gasteiger partial charge in [0.25, 0.3) is 0 Å². The highest BCUT2D eigenvalue weighted by Crippen LogP contribution is 2.61. The van der Waals surface area contributed by atoms with Gasteiger partial charge in [-0.15, -0.1) is 0 Å². The number of carbonyl (C=O) groups excluding carboxylic acids is 3. The SMILES string of the molecule is CCCCCCCCCCC(C)CCCCCCCCCC(=O)SCCNC(=O)CCNC(=O)C(O)C(C)(C)COP(=O)(O)OP(=O)(O)OCC1OC(n2cnc3c(N)ncnc32)C(O)C1OP(=O)(O)O. The van der Waals surface area contributed by atoms with Gasteiger partial charge in [-0.2, -0.15) is 4.31 Å². The number of unbranched alkanes of at least 4 members (excludes halogenated alkanes) is 13. The summed E-state index contributed by atoms with van der Waals surface area (Å²) in [6, 6.07) is 0. The third-order valence-electron chi connectivity index (χ3n) is 11.9. The minimum absolute atomic E-state index is 0.0342. The number of hydrogen-bond acceptors (Lipinski definition) is 18. The highest BCUT2D eigenvalue weighted by atomic mass is 32.2. The molecule has 1 fully saturated rings. The fourth-order valence-corrected chi connectivity index (χ4v) is 11.3. The number of anilines is 1. The molecule has 408 valence electrons. The largest absolute Gasteiger partial charge is 0.481 e.